The topological polar surface area (TPSA) is 37.0 Å². The predicted molar refractivity (Wildman–Crippen MR) is 119 cm³/mol. The molecule has 3 aromatic rings. The molecular weight excluding hydrogens is 366 g/mol. The van der Waals surface area contributed by atoms with Gasteiger partial charge in [-0.3, -0.25) is 4.98 Å². The summed E-state index contributed by atoms with van der Waals surface area (Å²) < 4.78 is 0. The summed E-state index contributed by atoms with van der Waals surface area (Å²) in [5.41, 5.74) is 6.23. The number of nitrogens with one attached hydrogen (secondary N) is 2. The van der Waals surface area contributed by atoms with Crippen LogP contribution < -0.4 is 10.6 Å². The van der Waals surface area contributed by atoms with E-state index in [9.17, 15) is 0 Å². The molecule has 0 spiro atoms. The zero-order chi connectivity index (χ0) is 19.5. The molecule has 1 saturated carbocycles. The van der Waals surface area contributed by atoms with E-state index < -0.39 is 0 Å². The van der Waals surface area contributed by atoms with Gasteiger partial charge in [0.2, 0.25) is 0 Å². The van der Waals surface area contributed by atoms with Crippen LogP contribution in [0.2, 0.25) is 5.02 Å². The van der Waals surface area contributed by atoms with Crippen LogP contribution in [0.25, 0.3) is 10.9 Å². The fourth-order valence-corrected chi connectivity index (χ4v) is 4.37. The van der Waals surface area contributed by atoms with Crippen LogP contribution in [0.4, 0.5) is 5.69 Å². The minimum absolute atomic E-state index is 0.514. The van der Waals surface area contributed by atoms with E-state index in [0.29, 0.717) is 12.1 Å². The molecule has 28 heavy (non-hydrogen) atoms. The number of pyridine rings is 1. The van der Waals surface area contributed by atoms with Crippen LogP contribution >= 0.6 is 11.6 Å². The Morgan fingerprint density at radius 3 is 2.54 bits per heavy atom. The Balaban J connectivity index is 1.32. The van der Waals surface area contributed by atoms with Gasteiger partial charge in [-0.2, -0.15) is 0 Å². The van der Waals surface area contributed by atoms with Crippen molar-refractivity contribution in [3.63, 3.8) is 0 Å². The van der Waals surface area contributed by atoms with Crippen molar-refractivity contribution in [2.45, 2.75) is 58.2 Å². The number of anilines is 1. The highest BCUT2D eigenvalue weighted by molar-refractivity contribution is 6.31. The number of benzene rings is 2. The molecule has 4 heteroatoms. The molecule has 4 rings (SSSR count). The van der Waals surface area contributed by atoms with Crippen LogP contribution in [0.1, 0.15) is 42.4 Å². The minimum atomic E-state index is 0.514. The Kier molecular flexibility index (Phi) is 5.84. The molecule has 3 nitrogen and oxygen atoms in total. The fraction of sp³-hybridized carbons (Fsp3) is 0.375. The maximum atomic E-state index is 6.10. The van der Waals surface area contributed by atoms with Gasteiger partial charge in [0.05, 0.1) is 5.52 Å². The molecule has 0 radical (unpaired) electrons. The second-order valence-electron chi connectivity index (χ2n) is 8.02. The molecular formula is C24H28ClN3. The lowest BCUT2D eigenvalue weighted by atomic mass is 9.90. The van der Waals surface area contributed by atoms with E-state index in [1.54, 1.807) is 0 Å². The van der Waals surface area contributed by atoms with Gasteiger partial charge in [-0.05, 0) is 74.9 Å². The summed E-state index contributed by atoms with van der Waals surface area (Å²) in [7, 11) is 0. The largest absolute Gasteiger partial charge is 0.382 e. The third kappa shape index (κ3) is 4.48. The smallest absolute Gasteiger partial charge is 0.0737 e. The van der Waals surface area contributed by atoms with Crippen LogP contribution in [0.15, 0.2) is 48.7 Å². The molecule has 0 saturated heterocycles. The molecule has 0 aliphatic heterocycles. The maximum Gasteiger partial charge on any atom is 0.0737 e. The molecule has 1 aromatic heterocycles. The number of rotatable bonds is 5. The summed E-state index contributed by atoms with van der Waals surface area (Å²) in [6.45, 7) is 5.32. The molecule has 1 aliphatic carbocycles. The second-order valence-corrected chi connectivity index (χ2v) is 8.46. The van der Waals surface area contributed by atoms with Crippen molar-refractivity contribution in [3.05, 3.63) is 70.4 Å². The first-order valence-corrected chi connectivity index (χ1v) is 10.6. The molecule has 0 atom stereocenters. The number of hydrogen-bond donors (Lipinski definition) is 2. The Morgan fingerprint density at radius 1 is 0.964 bits per heavy atom. The Morgan fingerprint density at radius 2 is 1.75 bits per heavy atom. The lowest BCUT2D eigenvalue weighted by molar-refractivity contribution is 0.353. The summed E-state index contributed by atoms with van der Waals surface area (Å²) in [6, 6.07) is 15.8. The number of nitrogens with zero attached hydrogens (tertiary/aromatic N) is 1. The average Bonchev–Trinajstić information content (AvgIpc) is 2.68. The van der Waals surface area contributed by atoms with Crippen molar-refractivity contribution in [1.29, 1.82) is 0 Å². The zero-order valence-corrected chi connectivity index (χ0v) is 17.4. The van der Waals surface area contributed by atoms with E-state index in [-0.39, 0.29) is 0 Å². The van der Waals surface area contributed by atoms with Crippen molar-refractivity contribution in [1.82, 2.24) is 10.3 Å². The molecule has 0 unspecified atom stereocenters. The highest BCUT2D eigenvalue weighted by atomic mass is 35.5. The summed E-state index contributed by atoms with van der Waals surface area (Å²) in [4.78, 5) is 4.44. The van der Waals surface area contributed by atoms with Crippen LogP contribution in [-0.4, -0.2) is 17.1 Å². The summed E-state index contributed by atoms with van der Waals surface area (Å²) in [6.07, 6.45) is 6.64. The Labute approximate surface area is 172 Å². The van der Waals surface area contributed by atoms with Gasteiger partial charge in [-0.15, -0.1) is 0 Å². The third-order valence-electron chi connectivity index (χ3n) is 5.87. The summed E-state index contributed by atoms with van der Waals surface area (Å²) in [5, 5.41) is 9.38. The van der Waals surface area contributed by atoms with Gasteiger partial charge >= 0.3 is 0 Å². The molecule has 0 bridgehead atoms. The third-order valence-corrected chi connectivity index (χ3v) is 6.11. The standard InChI is InChI=1S/C24H28ClN3/c1-16-3-4-18(17(2)13-16)15-27-20-6-8-21(9-7-20)28-23-11-12-26-24-14-19(25)5-10-22(23)24/h3-5,10-14,20-21,27H,6-9,15H2,1-2H3,(H,26,28). The predicted octanol–water partition coefficient (Wildman–Crippen LogP) is 6.02. The minimum Gasteiger partial charge on any atom is -0.382 e. The van der Waals surface area contributed by atoms with Crippen molar-refractivity contribution in [2.75, 3.05) is 5.32 Å². The van der Waals surface area contributed by atoms with Crippen LogP contribution in [0.3, 0.4) is 0 Å². The summed E-state index contributed by atoms with van der Waals surface area (Å²) in [5.74, 6) is 0. The van der Waals surface area contributed by atoms with Gasteiger partial charge in [0.1, 0.15) is 0 Å². The molecule has 0 amide bonds. The van der Waals surface area contributed by atoms with Gasteiger partial charge in [-0.25, -0.2) is 0 Å². The van der Waals surface area contributed by atoms with Gasteiger partial charge in [0.15, 0.2) is 0 Å². The van der Waals surface area contributed by atoms with E-state index >= 15 is 0 Å². The number of hydrogen-bond acceptors (Lipinski definition) is 3. The lowest BCUT2D eigenvalue weighted by Gasteiger charge is -2.31. The highest BCUT2D eigenvalue weighted by Crippen LogP contribution is 2.28. The first-order valence-electron chi connectivity index (χ1n) is 10.2. The van der Waals surface area contributed by atoms with Crippen LogP contribution in [-0.2, 0) is 6.54 Å². The first kappa shape index (κ1) is 19.2. The SMILES string of the molecule is Cc1ccc(CNC2CCC(Nc3ccnc4cc(Cl)ccc34)CC2)c(C)c1. The fourth-order valence-electron chi connectivity index (χ4n) is 4.21. The normalized spacial score (nSPS) is 19.7. The van der Waals surface area contributed by atoms with Gasteiger partial charge in [0, 0.05) is 40.9 Å². The van der Waals surface area contributed by atoms with Crippen molar-refractivity contribution in [3.8, 4) is 0 Å². The zero-order valence-electron chi connectivity index (χ0n) is 16.6. The van der Waals surface area contributed by atoms with E-state index in [0.717, 1.165) is 28.2 Å². The molecule has 2 N–H and O–H groups in total. The Hall–Kier alpha value is -2.10. The quantitative estimate of drug-likeness (QED) is 0.556. The van der Waals surface area contributed by atoms with E-state index in [1.807, 2.05) is 18.3 Å². The van der Waals surface area contributed by atoms with Crippen molar-refractivity contribution >= 4 is 28.2 Å². The second kappa shape index (κ2) is 8.50. The van der Waals surface area contributed by atoms with E-state index in [1.165, 1.54) is 42.4 Å². The van der Waals surface area contributed by atoms with Crippen LogP contribution in [0.5, 0.6) is 0 Å². The molecule has 146 valence electrons. The van der Waals surface area contributed by atoms with Crippen LogP contribution in [0, 0.1) is 13.8 Å². The maximum absolute atomic E-state index is 6.10. The van der Waals surface area contributed by atoms with E-state index in [4.69, 9.17) is 11.6 Å². The highest BCUT2D eigenvalue weighted by Gasteiger charge is 2.21. The monoisotopic (exact) mass is 393 g/mol. The number of aryl methyl sites for hydroxylation is 2. The molecule has 1 heterocycles. The number of halogens is 1. The molecule has 1 fully saturated rings. The first-order chi connectivity index (χ1) is 13.6. The summed E-state index contributed by atoms with van der Waals surface area (Å²) >= 11 is 6.10. The van der Waals surface area contributed by atoms with Gasteiger partial charge in [-0.1, -0.05) is 35.4 Å². The molecule has 1 aliphatic rings. The van der Waals surface area contributed by atoms with Gasteiger partial charge < -0.3 is 10.6 Å². The lowest BCUT2D eigenvalue weighted by Crippen LogP contribution is -2.36. The van der Waals surface area contributed by atoms with Crippen molar-refractivity contribution in [2.24, 2.45) is 0 Å². The van der Waals surface area contributed by atoms with E-state index in [2.05, 4.69) is 59.8 Å². The van der Waals surface area contributed by atoms with Gasteiger partial charge in [0.25, 0.3) is 0 Å². The Bertz CT molecular complexity index is 961. The number of fused-ring (bicyclic) bond motifs is 1. The number of aromatic nitrogens is 1. The molecule has 2 aromatic carbocycles. The van der Waals surface area contributed by atoms with Crippen molar-refractivity contribution < 1.29 is 0 Å². The average molecular weight is 394 g/mol.